The molecule has 4 rings (SSSR count). The van der Waals surface area contributed by atoms with E-state index in [1.54, 1.807) is 48.5 Å². The maximum Gasteiger partial charge on any atom is 0.330 e. The van der Waals surface area contributed by atoms with Gasteiger partial charge in [0.05, 0.1) is 79.4 Å². The first-order valence-electron chi connectivity index (χ1n) is 29.3. The molecule has 3 saturated heterocycles. The van der Waals surface area contributed by atoms with Crippen LogP contribution in [-0.2, 0) is 52.3 Å². The van der Waals surface area contributed by atoms with Crippen molar-refractivity contribution in [1.82, 2.24) is 0 Å². The lowest BCUT2D eigenvalue weighted by Gasteiger charge is -2.45. The van der Waals surface area contributed by atoms with Crippen molar-refractivity contribution in [1.29, 1.82) is 0 Å². The molecule has 0 spiro atoms. The minimum atomic E-state index is -2.47. The van der Waals surface area contributed by atoms with Crippen LogP contribution in [0, 0.1) is 29.6 Å². The number of ether oxygens (including phenoxy) is 7. The summed E-state index contributed by atoms with van der Waals surface area (Å²) in [6, 6.07) is 0. The molecule has 4 aliphatic rings. The van der Waals surface area contributed by atoms with E-state index in [4.69, 9.17) is 33.2 Å². The van der Waals surface area contributed by atoms with Crippen molar-refractivity contribution >= 4 is 23.9 Å². The van der Waals surface area contributed by atoms with Crippen molar-refractivity contribution in [3.05, 3.63) is 12.2 Å². The molecule has 0 aromatic carbocycles. The van der Waals surface area contributed by atoms with Crippen LogP contribution in [0.4, 0.5) is 0 Å². The van der Waals surface area contributed by atoms with Crippen LogP contribution >= 0.6 is 0 Å². The number of hydrogen-bond donors (Lipinski definition) is 13. The van der Waals surface area contributed by atoms with E-state index in [9.17, 15) is 85.6 Å². The molecule has 4 aliphatic heterocycles. The fourth-order valence-electron chi connectivity index (χ4n) is 11.5. The van der Waals surface area contributed by atoms with Crippen LogP contribution in [0.25, 0.3) is 0 Å². The highest BCUT2D eigenvalue weighted by atomic mass is 16.7. The first-order chi connectivity index (χ1) is 37.9. The molecule has 0 amide bonds. The molecule has 470 valence electrons. The number of epoxide rings is 1. The zero-order valence-electron chi connectivity index (χ0n) is 48.4. The molecule has 1 unspecified atom stereocenters. The number of hydrogen-bond acceptors (Lipinski definition) is 23. The highest BCUT2D eigenvalue weighted by Gasteiger charge is 2.53. The van der Waals surface area contributed by atoms with E-state index in [2.05, 4.69) is 0 Å². The number of esters is 3. The average Bonchev–Trinajstić information content (AvgIpc) is 4.22. The number of aliphatic hydroxyl groups excluding tert-OH is 11. The molecule has 0 radical (unpaired) electrons. The van der Waals surface area contributed by atoms with E-state index in [1.807, 2.05) is 6.92 Å². The van der Waals surface area contributed by atoms with Gasteiger partial charge in [-0.15, -0.1) is 0 Å². The monoisotopic (exact) mass is 1170 g/mol. The summed E-state index contributed by atoms with van der Waals surface area (Å²) in [5.74, 6) is -10.0. The van der Waals surface area contributed by atoms with Gasteiger partial charge in [0.2, 0.25) is 0 Å². The number of aliphatic hydroxyl groups is 12. The van der Waals surface area contributed by atoms with E-state index in [0.29, 0.717) is 6.42 Å². The van der Waals surface area contributed by atoms with Crippen molar-refractivity contribution in [3.8, 4) is 0 Å². The zero-order chi connectivity index (χ0) is 60.6. The minimum absolute atomic E-state index is 0.0265. The Kier molecular flexibility index (Phi) is 28.7. The topological polar surface area (TPSA) is 399 Å². The third-order valence-electron chi connectivity index (χ3n) is 16.9. The number of rotatable bonds is 15. The van der Waals surface area contributed by atoms with Crippen LogP contribution in [0.15, 0.2) is 12.2 Å². The zero-order valence-corrected chi connectivity index (χ0v) is 48.4. The molecule has 24 heteroatoms. The van der Waals surface area contributed by atoms with Crippen LogP contribution in [0.1, 0.15) is 165 Å². The average molecular weight is 1170 g/mol. The lowest BCUT2D eigenvalue weighted by molar-refractivity contribution is -0.333. The Bertz CT molecular complexity index is 1940. The van der Waals surface area contributed by atoms with Gasteiger partial charge in [0.25, 0.3) is 0 Å². The summed E-state index contributed by atoms with van der Waals surface area (Å²) in [4.78, 5) is 50.0. The highest BCUT2D eigenvalue weighted by Crippen LogP contribution is 2.41. The number of aliphatic carboxylic acids is 1. The second-order valence-electron chi connectivity index (χ2n) is 23.9. The fourth-order valence-corrected chi connectivity index (χ4v) is 11.5. The van der Waals surface area contributed by atoms with Crippen LogP contribution in [-0.4, -0.2) is 218 Å². The SMILES string of the molecule is CCCCC(=O)O[C@H]1C[C@H](O[C@@H](C)[C@H](C)[C@H](O)[C@@H](C)[C@H](O)[C@H](C)[C@H]2OC(=O)/C=C/C[C@H](O)C[C@H](O)C[C@@H](O)CC[C@@H](C)[C@H](O)C[C@]3(O)O[C@H](C[C@@H](O)CC(OC(=O)CC(=O)O)CCC[C@H](O)[C@@H]4O[C@H]4[C@H]2C)C[C@H](O)[C@H]3O)O[C@@H](C)[C@H]1O. The van der Waals surface area contributed by atoms with Gasteiger partial charge in [-0.2, -0.15) is 0 Å². The fraction of sp³-hybridized carbons (Fsp3) is 0.895. The van der Waals surface area contributed by atoms with E-state index < -0.39 is 194 Å². The van der Waals surface area contributed by atoms with Crippen LogP contribution in [0.3, 0.4) is 0 Å². The minimum Gasteiger partial charge on any atom is -0.481 e. The summed E-state index contributed by atoms with van der Waals surface area (Å²) < 4.78 is 41.0. The van der Waals surface area contributed by atoms with Crippen molar-refractivity contribution in [3.63, 3.8) is 0 Å². The number of unbranched alkanes of at least 4 members (excludes halogenated alkanes) is 1. The summed E-state index contributed by atoms with van der Waals surface area (Å²) >= 11 is 0. The molecule has 13 N–H and O–H groups in total. The number of cyclic esters (lactones) is 1. The Morgan fingerprint density at radius 3 is 2.06 bits per heavy atom. The summed E-state index contributed by atoms with van der Waals surface area (Å²) in [6.07, 6.45) is -20.3. The first-order valence-corrected chi connectivity index (χ1v) is 29.3. The largest absolute Gasteiger partial charge is 0.481 e. The Morgan fingerprint density at radius 2 is 1.40 bits per heavy atom. The molecular formula is C57H98O24. The molecule has 26 atom stereocenters. The molecule has 0 aliphatic carbocycles. The molecule has 0 aromatic heterocycles. The lowest BCUT2D eigenvalue weighted by atomic mass is 9.77. The van der Waals surface area contributed by atoms with Gasteiger partial charge >= 0.3 is 23.9 Å². The van der Waals surface area contributed by atoms with Gasteiger partial charge in [-0.25, -0.2) is 4.79 Å². The molecule has 81 heavy (non-hydrogen) atoms. The van der Waals surface area contributed by atoms with Gasteiger partial charge < -0.3 is 99.5 Å². The molecule has 0 aromatic rings. The van der Waals surface area contributed by atoms with Gasteiger partial charge in [0, 0.05) is 61.9 Å². The quantitative estimate of drug-likeness (QED) is 0.0474. The van der Waals surface area contributed by atoms with E-state index in [1.165, 1.54) is 6.08 Å². The van der Waals surface area contributed by atoms with Gasteiger partial charge in [0.15, 0.2) is 12.1 Å². The van der Waals surface area contributed by atoms with E-state index in [-0.39, 0.29) is 83.5 Å². The second kappa shape index (κ2) is 33.0. The van der Waals surface area contributed by atoms with Crippen LogP contribution < -0.4 is 0 Å². The number of carboxylic acids is 1. The Hall–Kier alpha value is -3.02. The van der Waals surface area contributed by atoms with E-state index >= 15 is 0 Å². The summed E-state index contributed by atoms with van der Waals surface area (Å²) in [7, 11) is 0. The van der Waals surface area contributed by atoms with Crippen molar-refractivity contribution < 1.29 is 119 Å². The predicted molar refractivity (Wildman–Crippen MR) is 286 cm³/mol. The van der Waals surface area contributed by atoms with Crippen molar-refractivity contribution in [2.75, 3.05) is 0 Å². The van der Waals surface area contributed by atoms with Gasteiger partial charge in [0.1, 0.15) is 43.0 Å². The van der Waals surface area contributed by atoms with Gasteiger partial charge in [-0.05, 0) is 84.0 Å². The third kappa shape index (κ3) is 22.1. The predicted octanol–water partition coefficient (Wildman–Crippen LogP) is 1.18. The van der Waals surface area contributed by atoms with Crippen molar-refractivity contribution in [2.45, 2.75) is 293 Å². The third-order valence-corrected chi connectivity index (χ3v) is 16.9. The summed E-state index contributed by atoms with van der Waals surface area (Å²) in [5, 5.41) is 143. The molecule has 3 fully saturated rings. The maximum atomic E-state index is 13.6. The standard InChI is InChI=1S/C57H98O24/c1-9-10-16-46(67)78-44-25-49(76-34(8)52(44)72)75-33(7)29(3)50(70)30(4)51(71)31(5)53-32(6)54-55(80-54)41(62)15-12-14-39(77-48(69)26-45(65)66)22-38(61)23-40-24-42(63)56(73)57(74,81-40)27-43(64)28(2)18-19-36(59)21-37(60)20-35(58)13-11-17-47(68)79-53/h11,17,28-44,49-56,58-64,70-74H,9-10,12-16,18-27H2,1-8H3,(H,65,66)/b17-11+/t28-,29+,30-,31+,32+,33+,34+,35+,36+,37+,38+,39?,40-,41+,42+,43-,44+,49-,50+,51+,52-,53-,54+,55+,56-,57+/m1/s1. The Labute approximate surface area is 475 Å². The number of carboxylic acid groups (broad SMARTS) is 1. The second-order valence-corrected chi connectivity index (χ2v) is 23.9. The molecule has 0 saturated carbocycles. The Balaban J connectivity index is 1.53. The van der Waals surface area contributed by atoms with Gasteiger partial charge in [-0.1, -0.05) is 54.0 Å². The van der Waals surface area contributed by atoms with Crippen molar-refractivity contribution in [2.24, 2.45) is 29.6 Å². The summed E-state index contributed by atoms with van der Waals surface area (Å²) in [5.41, 5.74) is 0. The first kappa shape index (κ1) is 70.5. The lowest BCUT2D eigenvalue weighted by Crippen LogP contribution is -2.59. The van der Waals surface area contributed by atoms with Crippen LogP contribution in [0.2, 0.25) is 0 Å². The smallest absolute Gasteiger partial charge is 0.330 e. The number of carbonyl (C=O) groups excluding carboxylic acids is 3. The van der Waals surface area contributed by atoms with Crippen LogP contribution in [0.5, 0.6) is 0 Å². The van der Waals surface area contributed by atoms with E-state index in [0.717, 1.165) is 12.5 Å². The number of carbonyl (C=O) groups is 4. The molecule has 4 heterocycles. The molecular weight excluding hydrogens is 1070 g/mol. The molecule has 2 bridgehead atoms. The normalized spacial score (nSPS) is 40.3. The summed E-state index contributed by atoms with van der Waals surface area (Å²) in [6.45, 7) is 13.6. The van der Waals surface area contributed by atoms with Gasteiger partial charge in [-0.3, -0.25) is 14.4 Å². The number of fused-ring (bicyclic) bond motifs is 3. The Morgan fingerprint density at radius 1 is 0.728 bits per heavy atom. The molecule has 24 nitrogen and oxygen atoms in total. The highest BCUT2D eigenvalue weighted by molar-refractivity contribution is 5.90. The maximum absolute atomic E-state index is 13.6.